The van der Waals surface area contributed by atoms with E-state index in [1.165, 1.54) is 5.56 Å². The summed E-state index contributed by atoms with van der Waals surface area (Å²) in [6.07, 6.45) is 3.33. The number of carbonyl (C=O) groups is 1. The highest BCUT2D eigenvalue weighted by Gasteiger charge is 2.21. The third-order valence-corrected chi connectivity index (χ3v) is 7.46. The number of aryl methyl sites for hydroxylation is 2. The van der Waals surface area contributed by atoms with Gasteiger partial charge in [-0.2, -0.15) is 0 Å². The molecule has 1 aliphatic rings. The lowest BCUT2D eigenvalue weighted by molar-refractivity contribution is -0.114. The van der Waals surface area contributed by atoms with Crippen molar-refractivity contribution < 1.29 is 23.7 Å². The van der Waals surface area contributed by atoms with Crippen LogP contribution in [0.25, 0.3) is 16.3 Å². The number of morpholine rings is 1. The van der Waals surface area contributed by atoms with E-state index in [0.717, 1.165) is 41.0 Å². The Bertz CT molecular complexity index is 1220. The molecule has 1 aromatic heterocycles. The van der Waals surface area contributed by atoms with Crippen molar-refractivity contribution in [2.75, 3.05) is 65.6 Å². The van der Waals surface area contributed by atoms with E-state index in [9.17, 15) is 4.79 Å². The zero-order valence-electron chi connectivity index (χ0n) is 21.5. The Morgan fingerprint density at radius 3 is 2.44 bits per heavy atom. The monoisotopic (exact) mass is 511 g/mol. The zero-order valence-corrected chi connectivity index (χ0v) is 22.3. The number of hydrogen-bond acceptors (Lipinski definition) is 8. The van der Waals surface area contributed by atoms with Crippen LogP contribution < -0.4 is 19.1 Å². The summed E-state index contributed by atoms with van der Waals surface area (Å²) in [6.45, 7) is 8.60. The van der Waals surface area contributed by atoms with E-state index in [1.807, 2.05) is 12.1 Å². The number of carbonyl (C=O) groups excluding carboxylic acids is 1. The smallest absolute Gasteiger partial charge is 0.252 e. The summed E-state index contributed by atoms with van der Waals surface area (Å²) in [5.41, 5.74) is 4.05. The second kappa shape index (κ2) is 11.7. The summed E-state index contributed by atoms with van der Waals surface area (Å²) in [5.74, 6) is 1.44. The van der Waals surface area contributed by atoms with Crippen LogP contribution in [0, 0.1) is 13.8 Å². The van der Waals surface area contributed by atoms with Gasteiger partial charge in [0.1, 0.15) is 0 Å². The van der Waals surface area contributed by atoms with Crippen LogP contribution in [0.15, 0.2) is 30.3 Å². The average molecular weight is 512 g/mol. The number of nitrogens with zero attached hydrogens (tertiary/aromatic N) is 3. The third-order valence-electron chi connectivity index (χ3n) is 6.42. The van der Waals surface area contributed by atoms with Gasteiger partial charge in [0.2, 0.25) is 5.75 Å². The SMILES string of the molecule is COc1cc(/C=C/C(=O)N(CCN2CCOCC2)c2nc3c(C)c(C)ccc3s2)cc(OC)c1OC. The van der Waals surface area contributed by atoms with Crippen LogP contribution in [-0.2, 0) is 9.53 Å². The van der Waals surface area contributed by atoms with Crippen molar-refractivity contribution in [3.8, 4) is 17.2 Å². The van der Waals surface area contributed by atoms with Gasteiger partial charge in [-0.05, 0) is 54.8 Å². The van der Waals surface area contributed by atoms with E-state index in [4.69, 9.17) is 23.9 Å². The summed E-state index contributed by atoms with van der Waals surface area (Å²) in [6, 6.07) is 7.80. The van der Waals surface area contributed by atoms with Gasteiger partial charge in [-0.25, -0.2) is 4.98 Å². The fraction of sp³-hybridized carbons (Fsp3) is 0.407. The summed E-state index contributed by atoms with van der Waals surface area (Å²) < 4.78 is 22.8. The first kappa shape index (κ1) is 25.9. The quantitative estimate of drug-likeness (QED) is 0.396. The molecule has 36 heavy (non-hydrogen) atoms. The second-order valence-electron chi connectivity index (χ2n) is 8.59. The summed E-state index contributed by atoms with van der Waals surface area (Å²) in [7, 11) is 4.70. The first-order chi connectivity index (χ1) is 17.4. The third kappa shape index (κ3) is 5.64. The van der Waals surface area contributed by atoms with Crippen molar-refractivity contribution >= 4 is 38.7 Å². The molecule has 0 N–H and O–H groups in total. The first-order valence-corrected chi connectivity index (χ1v) is 12.7. The minimum Gasteiger partial charge on any atom is -0.493 e. The van der Waals surface area contributed by atoms with Gasteiger partial charge < -0.3 is 18.9 Å². The van der Waals surface area contributed by atoms with E-state index in [-0.39, 0.29) is 5.91 Å². The predicted molar refractivity (Wildman–Crippen MR) is 144 cm³/mol. The molecule has 0 bridgehead atoms. The lowest BCUT2D eigenvalue weighted by Crippen LogP contribution is -2.42. The number of ether oxygens (including phenoxy) is 4. The van der Waals surface area contributed by atoms with Gasteiger partial charge in [-0.1, -0.05) is 17.4 Å². The number of hydrogen-bond donors (Lipinski definition) is 0. The lowest BCUT2D eigenvalue weighted by atomic mass is 10.1. The highest BCUT2D eigenvalue weighted by atomic mass is 32.1. The molecule has 0 unspecified atom stereocenters. The maximum absolute atomic E-state index is 13.5. The number of benzene rings is 2. The Kier molecular flexibility index (Phi) is 8.45. The molecule has 0 spiro atoms. The van der Waals surface area contributed by atoms with Crippen molar-refractivity contribution in [2.45, 2.75) is 13.8 Å². The topological polar surface area (TPSA) is 73.4 Å². The van der Waals surface area contributed by atoms with Crippen LogP contribution in [0.3, 0.4) is 0 Å². The summed E-state index contributed by atoms with van der Waals surface area (Å²) in [4.78, 5) is 22.5. The second-order valence-corrected chi connectivity index (χ2v) is 9.60. The van der Waals surface area contributed by atoms with Gasteiger partial charge in [0.05, 0.1) is 44.8 Å². The van der Waals surface area contributed by atoms with E-state index in [0.29, 0.717) is 42.1 Å². The Morgan fingerprint density at radius 2 is 1.81 bits per heavy atom. The summed E-state index contributed by atoms with van der Waals surface area (Å²) in [5, 5.41) is 0.700. The Morgan fingerprint density at radius 1 is 1.11 bits per heavy atom. The number of aromatic nitrogens is 1. The number of fused-ring (bicyclic) bond motifs is 1. The fourth-order valence-electron chi connectivity index (χ4n) is 4.15. The molecule has 1 fully saturated rings. The highest BCUT2D eigenvalue weighted by molar-refractivity contribution is 7.22. The molecule has 0 radical (unpaired) electrons. The molecule has 0 saturated carbocycles. The molecule has 1 aliphatic heterocycles. The van der Waals surface area contributed by atoms with E-state index in [2.05, 4.69) is 30.9 Å². The van der Waals surface area contributed by atoms with Crippen molar-refractivity contribution in [2.24, 2.45) is 0 Å². The van der Waals surface area contributed by atoms with Gasteiger partial charge >= 0.3 is 0 Å². The Labute approximate surface area is 216 Å². The molecule has 2 aromatic carbocycles. The fourth-order valence-corrected chi connectivity index (χ4v) is 5.21. The van der Waals surface area contributed by atoms with Crippen molar-refractivity contribution in [3.63, 3.8) is 0 Å². The van der Waals surface area contributed by atoms with Crippen LogP contribution in [0.1, 0.15) is 16.7 Å². The molecule has 2 heterocycles. The number of amides is 1. The number of thiazole rings is 1. The maximum atomic E-state index is 13.5. The molecule has 192 valence electrons. The highest BCUT2D eigenvalue weighted by Crippen LogP contribution is 2.38. The molecule has 1 saturated heterocycles. The lowest BCUT2D eigenvalue weighted by Gasteiger charge is -2.28. The van der Waals surface area contributed by atoms with Crippen LogP contribution in [0.4, 0.5) is 5.13 Å². The molecule has 8 nitrogen and oxygen atoms in total. The first-order valence-electron chi connectivity index (χ1n) is 11.9. The van der Waals surface area contributed by atoms with Gasteiger partial charge in [0.25, 0.3) is 5.91 Å². The van der Waals surface area contributed by atoms with Crippen molar-refractivity contribution in [1.29, 1.82) is 0 Å². The van der Waals surface area contributed by atoms with Crippen LogP contribution >= 0.6 is 11.3 Å². The standard InChI is InChI=1S/C27H33N3O5S/c1-18-6-8-23-25(19(18)2)28-27(36-23)30(11-10-29-12-14-35-15-13-29)24(31)9-7-20-16-21(32-3)26(34-5)22(17-20)33-4/h6-9,16-17H,10-15H2,1-5H3/b9-7+. The van der Waals surface area contributed by atoms with Gasteiger partial charge in [-0.3, -0.25) is 14.6 Å². The van der Waals surface area contributed by atoms with Crippen LogP contribution in [0.2, 0.25) is 0 Å². The summed E-state index contributed by atoms with van der Waals surface area (Å²) >= 11 is 1.54. The molecule has 1 amide bonds. The van der Waals surface area contributed by atoms with Crippen LogP contribution in [0.5, 0.6) is 17.2 Å². The van der Waals surface area contributed by atoms with Crippen molar-refractivity contribution in [3.05, 3.63) is 47.0 Å². The van der Waals surface area contributed by atoms with Gasteiger partial charge in [-0.15, -0.1) is 0 Å². The maximum Gasteiger partial charge on any atom is 0.252 e. The number of anilines is 1. The molecule has 3 aromatic rings. The minimum absolute atomic E-state index is 0.134. The average Bonchev–Trinajstić information content (AvgIpc) is 3.34. The minimum atomic E-state index is -0.134. The Hall–Kier alpha value is -3.14. The van der Waals surface area contributed by atoms with E-state index < -0.39 is 0 Å². The predicted octanol–water partition coefficient (Wildman–Crippen LogP) is 4.32. The van der Waals surface area contributed by atoms with Gasteiger partial charge in [0.15, 0.2) is 16.6 Å². The van der Waals surface area contributed by atoms with Crippen molar-refractivity contribution in [1.82, 2.24) is 9.88 Å². The molecular formula is C27H33N3O5S. The molecule has 0 aliphatic carbocycles. The van der Waals surface area contributed by atoms with E-state index >= 15 is 0 Å². The number of rotatable bonds is 9. The molecule has 9 heteroatoms. The normalized spacial score (nSPS) is 14.4. The molecular weight excluding hydrogens is 478 g/mol. The molecule has 0 atom stereocenters. The largest absolute Gasteiger partial charge is 0.493 e. The zero-order chi connectivity index (χ0) is 25.7. The van der Waals surface area contributed by atoms with E-state index in [1.54, 1.807) is 49.7 Å². The Balaban J connectivity index is 1.63. The molecule has 4 rings (SSSR count). The van der Waals surface area contributed by atoms with Crippen LogP contribution in [-0.4, -0.2) is 76.5 Å². The van der Waals surface area contributed by atoms with Gasteiger partial charge in [0, 0.05) is 32.3 Å². The number of methoxy groups -OCH3 is 3.